The maximum atomic E-state index is 12.5. The number of piperazine rings is 1. The molecular formula is C13H24N2O2. The Hall–Kier alpha value is -1.06. The Morgan fingerprint density at radius 1 is 1.18 bits per heavy atom. The van der Waals surface area contributed by atoms with Crippen LogP contribution < -0.4 is 5.32 Å². The molecule has 98 valence electrons. The van der Waals surface area contributed by atoms with E-state index in [4.69, 9.17) is 0 Å². The van der Waals surface area contributed by atoms with Crippen LogP contribution in [-0.2, 0) is 9.59 Å². The molecule has 0 aromatic heterocycles. The number of nitrogens with one attached hydrogen (secondary N) is 1. The average molecular weight is 240 g/mol. The van der Waals surface area contributed by atoms with Gasteiger partial charge in [-0.25, -0.2) is 0 Å². The number of hydrogen-bond acceptors (Lipinski definition) is 2. The molecule has 0 aromatic rings. The third-order valence-corrected chi connectivity index (χ3v) is 3.77. The van der Waals surface area contributed by atoms with Gasteiger partial charge in [-0.3, -0.25) is 9.59 Å². The molecular weight excluding hydrogens is 216 g/mol. The number of rotatable bonds is 5. The SMILES string of the molecule is CCCN1C(=O)C(CC)(CC)NC(=O)C1CC. The second kappa shape index (κ2) is 5.52. The summed E-state index contributed by atoms with van der Waals surface area (Å²) in [6.45, 7) is 8.57. The topological polar surface area (TPSA) is 49.4 Å². The van der Waals surface area contributed by atoms with Gasteiger partial charge in [0, 0.05) is 6.54 Å². The van der Waals surface area contributed by atoms with Crippen LogP contribution in [0.25, 0.3) is 0 Å². The van der Waals surface area contributed by atoms with Crippen molar-refractivity contribution < 1.29 is 9.59 Å². The van der Waals surface area contributed by atoms with E-state index < -0.39 is 5.54 Å². The van der Waals surface area contributed by atoms with Crippen LogP contribution in [0.1, 0.15) is 53.4 Å². The van der Waals surface area contributed by atoms with Gasteiger partial charge in [0.15, 0.2) is 0 Å². The molecule has 0 radical (unpaired) electrons. The van der Waals surface area contributed by atoms with Gasteiger partial charge in [0.25, 0.3) is 0 Å². The summed E-state index contributed by atoms with van der Waals surface area (Å²) in [6.07, 6.45) is 2.88. The van der Waals surface area contributed by atoms with Gasteiger partial charge in [-0.1, -0.05) is 27.7 Å². The molecule has 2 amide bonds. The lowest BCUT2D eigenvalue weighted by molar-refractivity contribution is -0.155. The fraction of sp³-hybridized carbons (Fsp3) is 0.846. The molecule has 17 heavy (non-hydrogen) atoms. The zero-order valence-corrected chi connectivity index (χ0v) is 11.4. The Morgan fingerprint density at radius 3 is 2.18 bits per heavy atom. The Bertz CT molecular complexity index is 298. The van der Waals surface area contributed by atoms with Gasteiger partial charge in [-0.15, -0.1) is 0 Å². The van der Waals surface area contributed by atoms with Crippen LogP contribution in [0.2, 0.25) is 0 Å². The summed E-state index contributed by atoms with van der Waals surface area (Å²) in [7, 11) is 0. The van der Waals surface area contributed by atoms with Crippen LogP contribution in [0.5, 0.6) is 0 Å². The second-order valence-corrected chi connectivity index (χ2v) is 4.70. The predicted molar refractivity (Wildman–Crippen MR) is 67.5 cm³/mol. The van der Waals surface area contributed by atoms with Gasteiger partial charge in [-0.2, -0.15) is 0 Å². The molecule has 1 atom stereocenters. The van der Waals surface area contributed by atoms with Crippen molar-refractivity contribution in [2.45, 2.75) is 65.0 Å². The molecule has 4 heteroatoms. The lowest BCUT2D eigenvalue weighted by Gasteiger charge is -2.45. The van der Waals surface area contributed by atoms with E-state index >= 15 is 0 Å². The summed E-state index contributed by atoms with van der Waals surface area (Å²) >= 11 is 0. The quantitative estimate of drug-likeness (QED) is 0.795. The normalized spacial score (nSPS) is 23.8. The van der Waals surface area contributed by atoms with E-state index in [0.717, 1.165) is 6.42 Å². The van der Waals surface area contributed by atoms with E-state index in [1.807, 2.05) is 27.7 Å². The fourth-order valence-corrected chi connectivity index (χ4v) is 2.56. The number of hydrogen-bond donors (Lipinski definition) is 1. The van der Waals surface area contributed by atoms with Crippen molar-refractivity contribution in [3.63, 3.8) is 0 Å². The van der Waals surface area contributed by atoms with Crippen molar-refractivity contribution in [1.82, 2.24) is 10.2 Å². The molecule has 1 aliphatic rings. The van der Waals surface area contributed by atoms with Gasteiger partial charge >= 0.3 is 0 Å². The highest BCUT2D eigenvalue weighted by molar-refractivity contribution is 5.99. The van der Waals surface area contributed by atoms with Gasteiger partial charge in [0.2, 0.25) is 11.8 Å². The van der Waals surface area contributed by atoms with E-state index in [0.29, 0.717) is 25.8 Å². The summed E-state index contributed by atoms with van der Waals surface area (Å²) < 4.78 is 0. The first-order valence-electron chi connectivity index (χ1n) is 6.69. The second-order valence-electron chi connectivity index (χ2n) is 4.70. The van der Waals surface area contributed by atoms with Crippen LogP contribution in [0.4, 0.5) is 0 Å². The highest BCUT2D eigenvalue weighted by atomic mass is 16.2. The van der Waals surface area contributed by atoms with Gasteiger partial charge < -0.3 is 10.2 Å². The first-order chi connectivity index (χ1) is 8.06. The first kappa shape index (κ1) is 14.0. The van der Waals surface area contributed by atoms with Gasteiger partial charge in [-0.05, 0) is 25.7 Å². The lowest BCUT2D eigenvalue weighted by Crippen LogP contribution is -2.69. The van der Waals surface area contributed by atoms with Gasteiger partial charge in [0.1, 0.15) is 11.6 Å². The minimum Gasteiger partial charge on any atom is -0.340 e. The summed E-state index contributed by atoms with van der Waals surface area (Å²) in [5.74, 6) is 0.0973. The molecule has 1 saturated heterocycles. The fourth-order valence-electron chi connectivity index (χ4n) is 2.56. The Morgan fingerprint density at radius 2 is 1.76 bits per heavy atom. The Balaban J connectivity index is 3.05. The third-order valence-electron chi connectivity index (χ3n) is 3.77. The van der Waals surface area contributed by atoms with E-state index in [-0.39, 0.29) is 17.9 Å². The minimum absolute atomic E-state index is 0.00394. The lowest BCUT2D eigenvalue weighted by atomic mass is 9.86. The minimum atomic E-state index is -0.669. The molecule has 1 aliphatic heterocycles. The highest BCUT2D eigenvalue weighted by Crippen LogP contribution is 2.26. The number of carbonyl (C=O) groups is 2. The molecule has 4 nitrogen and oxygen atoms in total. The maximum absolute atomic E-state index is 12.5. The largest absolute Gasteiger partial charge is 0.340 e. The molecule has 0 aliphatic carbocycles. The zero-order chi connectivity index (χ0) is 13.1. The van der Waals surface area contributed by atoms with E-state index in [9.17, 15) is 9.59 Å². The molecule has 0 aromatic carbocycles. The standard InChI is InChI=1S/C13H24N2O2/c1-5-9-15-10(6-2)11(16)14-13(7-3,8-4)12(15)17/h10H,5-9H2,1-4H3,(H,14,16). The average Bonchev–Trinajstić information content (AvgIpc) is 2.34. The summed E-state index contributed by atoms with van der Waals surface area (Å²) in [5.41, 5.74) is -0.669. The molecule has 1 N–H and O–H groups in total. The van der Waals surface area contributed by atoms with Crippen molar-refractivity contribution in [1.29, 1.82) is 0 Å². The zero-order valence-electron chi connectivity index (χ0n) is 11.4. The molecule has 0 saturated carbocycles. The van der Waals surface area contributed by atoms with Crippen LogP contribution in [0.3, 0.4) is 0 Å². The van der Waals surface area contributed by atoms with Crippen molar-refractivity contribution in [2.75, 3.05) is 6.54 Å². The molecule has 1 unspecified atom stereocenters. The van der Waals surface area contributed by atoms with E-state index in [1.54, 1.807) is 4.90 Å². The van der Waals surface area contributed by atoms with Gasteiger partial charge in [0.05, 0.1) is 0 Å². The maximum Gasteiger partial charge on any atom is 0.248 e. The predicted octanol–water partition coefficient (Wildman–Crippen LogP) is 1.69. The van der Waals surface area contributed by atoms with Crippen LogP contribution >= 0.6 is 0 Å². The molecule has 1 rings (SSSR count). The molecule has 1 fully saturated rings. The van der Waals surface area contributed by atoms with Crippen molar-refractivity contribution >= 4 is 11.8 Å². The summed E-state index contributed by atoms with van der Waals surface area (Å²) in [5, 5.41) is 2.94. The number of amides is 2. The molecule has 1 heterocycles. The first-order valence-corrected chi connectivity index (χ1v) is 6.69. The monoisotopic (exact) mass is 240 g/mol. The van der Waals surface area contributed by atoms with Crippen molar-refractivity contribution in [2.24, 2.45) is 0 Å². The van der Waals surface area contributed by atoms with Crippen LogP contribution in [-0.4, -0.2) is 34.8 Å². The molecule has 0 bridgehead atoms. The molecule has 0 spiro atoms. The third kappa shape index (κ3) is 2.31. The van der Waals surface area contributed by atoms with Crippen LogP contribution in [0, 0.1) is 0 Å². The van der Waals surface area contributed by atoms with Crippen LogP contribution in [0.15, 0.2) is 0 Å². The van der Waals surface area contributed by atoms with E-state index in [1.165, 1.54) is 0 Å². The summed E-state index contributed by atoms with van der Waals surface area (Å²) in [4.78, 5) is 26.4. The summed E-state index contributed by atoms with van der Waals surface area (Å²) in [6, 6.07) is -0.284. The number of carbonyl (C=O) groups excluding carboxylic acids is 2. The number of nitrogens with zero attached hydrogens (tertiary/aromatic N) is 1. The smallest absolute Gasteiger partial charge is 0.248 e. The van der Waals surface area contributed by atoms with E-state index in [2.05, 4.69) is 5.32 Å². The van der Waals surface area contributed by atoms with Crippen molar-refractivity contribution in [3.8, 4) is 0 Å². The Labute approximate surface area is 104 Å². The highest BCUT2D eigenvalue weighted by Gasteiger charge is 2.47. The Kier molecular flexibility index (Phi) is 4.54. The van der Waals surface area contributed by atoms with Crippen molar-refractivity contribution in [3.05, 3.63) is 0 Å².